The number of piperidine rings is 1. The van der Waals surface area contributed by atoms with Gasteiger partial charge in [-0.2, -0.15) is 0 Å². The van der Waals surface area contributed by atoms with E-state index in [1.807, 2.05) is 24.3 Å². The Morgan fingerprint density at radius 2 is 1.95 bits per heavy atom. The molecule has 0 bridgehead atoms. The molecule has 0 radical (unpaired) electrons. The smallest absolute Gasteiger partial charge is 0.222 e. The van der Waals surface area contributed by atoms with Gasteiger partial charge in [0.15, 0.2) is 0 Å². The van der Waals surface area contributed by atoms with Crippen LogP contribution in [0.1, 0.15) is 45.4 Å². The van der Waals surface area contributed by atoms with Crippen LogP contribution in [-0.2, 0) is 4.79 Å². The Balaban J connectivity index is 1.69. The quantitative estimate of drug-likeness (QED) is 0.722. The second-order valence-electron chi connectivity index (χ2n) is 5.77. The molecule has 1 heterocycles. The van der Waals surface area contributed by atoms with Crippen LogP contribution in [0.2, 0.25) is 0 Å². The molecule has 1 unspecified atom stereocenters. The van der Waals surface area contributed by atoms with Crippen LogP contribution in [0, 0.1) is 0 Å². The summed E-state index contributed by atoms with van der Waals surface area (Å²) in [6.07, 6.45) is 5.95. The van der Waals surface area contributed by atoms with Gasteiger partial charge >= 0.3 is 0 Å². The Morgan fingerprint density at radius 1 is 1.23 bits per heavy atom. The Bertz CT molecular complexity index is 458. The molecule has 1 saturated heterocycles. The van der Waals surface area contributed by atoms with Crippen molar-refractivity contribution in [2.45, 2.75) is 51.5 Å². The van der Waals surface area contributed by atoms with Gasteiger partial charge in [-0.05, 0) is 56.4 Å². The van der Waals surface area contributed by atoms with Crippen molar-refractivity contribution in [1.82, 2.24) is 4.90 Å². The second kappa shape index (κ2) is 8.66. The molecule has 22 heavy (non-hydrogen) atoms. The summed E-state index contributed by atoms with van der Waals surface area (Å²) in [7, 11) is 1.64. The molecule has 1 aliphatic heterocycles. The highest BCUT2D eigenvalue weighted by molar-refractivity contribution is 5.76. The fraction of sp³-hybridized carbons (Fsp3) is 0.611. The van der Waals surface area contributed by atoms with Crippen LogP contribution in [0.4, 0.5) is 0 Å². The molecule has 1 aromatic carbocycles. The molecule has 1 atom stereocenters. The molecule has 2 rings (SSSR count). The van der Waals surface area contributed by atoms with Crippen molar-refractivity contribution in [3.05, 3.63) is 24.3 Å². The second-order valence-corrected chi connectivity index (χ2v) is 5.77. The average Bonchev–Trinajstić information content (AvgIpc) is 2.59. The van der Waals surface area contributed by atoms with Gasteiger partial charge in [0.25, 0.3) is 0 Å². The summed E-state index contributed by atoms with van der Waals surface area (Å²) in [5.41, 5.74) is 0. The first kappa shape index (κ1) is 16.7. The predicted octanol–water partition coefficient (Wildman–Crippen LogP) is 3.65. The Labute approximate surface area is 133 Å². The van der Waals surface area contributed by atoms with E-state index in [2.05, 4.69) is 11.8 Å². The molecule has 1 amide bonds. The Morgan fingerprint density at radius 3 is 2.64 bits per heavy atom. The van der Waals surface area contributed by atoms with E-state index >= 15 is 0 Å². The van der Waals surface area contributed by atoms with Gasteiger partial charge in [0, 0.05) is 19.0 Å². The number of carbonyl (C=O) groups excluding carboxylic acids is 1. The van der Waals surface area contributed by atoms with E-state index in [0.29, 0.717) is 19.1 Å². The summed E-state index contributed by atoms with van der Waals surface area (Å²) >= 11 is 0. The number of hydrogen-bond acceptors (Lipinski definition) is 3. The van der Waals surface area contributed by atoms with Crippen LogP contribution in [0.5, 0.6) is 11.5 Å². The molecule has 0 spiro atoms. The summed E-state index contributed by atoms with van der Waals surface area (Å²) in [4.78, 5) is 14.4. The van der Waals surface area contributed by atoms with Crippen LogP contribution >= 0.6 is 0 Å². The van der Waals surface area contributed by atoms with Crippen molar-refractivity contribution < 1.29 is 14.3 Å². The third-order valence-electron chi connectivity index (χ3n) is 4.28. The first-order valence-electron chi connectivity index (χ1n) is 8.31. The van der Waals surface area contributed by atoms with Crippen molar-refractivity contribution >= 4 is 5.91 Å². The van der Waals surface area contributed by atoms with Gasteiger partial charge in [-0.1, -0.05) is 6.92 Å². The zero-order valence-corrected chi connectivity index (χ0v) is 13.7. The first-order chi connectivity index (χ1) is 10.7. The Hall–Kier alpha value is -1.71. The Kier molecular flexibility index (Phi) is 6.56. The van der Waals surface area contributed by atoms with Crippen LogP contribution in [0.3, 0.4) is 0 Å². The van der Waals surface area contributed by atoms with Gasteiger partial charge in [0.05, 0.1) is 13.7 Å². The average molecular weight is 305 g/mol. The van der Waals surface area contributed by atoms with Gasteiger partial charge in [0.1, 0.15) is 11.5 Å². The normalized spacial score (nSPS) is 18.1. The number of amides is 1. The standard InChI is InChI=1S/C18H27NO3/c1-3-15-7-4-5-13-19(15)18(20)8-6-14-22-17-11-9-16(21-2)10-12-17/h9-12,15H,3-8,13-14H2,1-2H3. The molecular weight excluding hydrogens is 278 g/mol. The summed E-state index contributed by atoms with van der Waals surface area (Å²) in [6, 6.07) is 7.97. The maximum atomic E-state index is 12.3. The molecule has 1 aliphatic rings. The van der Waals surface area contributed by atoms with E-state index in [0.717, 1.165) is 43.7 Å². The predicted molar refractivity (Wildman–Crippen MR) is 87.4 cm³/mol. The minimum absolute atomic E-state index is 0.282. The molecule has 1 aromatic rings. The molecule has 0 aliphatic carbocycles. The molecule has 0 N–H and O–H groups in total. The number of likely N-dealkylation sites (tertiary alicyclic amines) is 1. The van der Waals surface area contributed by atoms with Crippen LogP contribution in [0.25, 0.3) is 0 Å². The molecule has 1 fully saturated rings. The minimum Gasteiger partial charge on any atom is -0.497 e. The van der Waals surface area contributed by atoms with Gasteiger partial charge < -0.3 is 14.4 Å². The third-order valence-corrected chi connectivity index (χ3v) is 4.28. The highest BCUT2D eigenvalue weighted by Gasteiger charge is 2.24. The number of nitrogens with zero attached hydrogens (tertiary/aromatic N) is 1. The fourth-order valence-electron chi connectivity index (χ4n) is 2.98. The van der Waals surface area contributed by atoms with Gasteiger partial charge in [-0.15, -0.1) is 0 Å². The highest BCUT2D eigenvalue weighted by Crippen LogP contribution is 2.21. The molecule has 0 saturated carbocycles. The van der Waals surface area contributed by atoms with Gasteiger partial charge in [-0.3, -0.25) is 4.79 Å². The van der Waals surface area contributed by atoms with Crippen LogP contribution < -0.4 is 9.47 Å². The van der Waals surface area contributed by atoms with Gasteiger partial charge in [0.2, 0.25) is 5.91 Å². The number of rotatable bonds is 7. The summed E-state index contributed by atoms with van der Waals surface area (Å²) in [5.74, 6) is 1.92. The van der Waals surface area contributed by atoms with Crippen molar-refractivity contribution in [3.8, 4) is 11.5 Å². The molecule has 4 nitrogen and oxygen atoms in total. The lowest BCUT2D eigenvalue weighted by atomic mass is 9.99. The first-order valence-corrected chi connectivity index (χ1v) is 8.31. The summed E-state index contributed by atoms with van der Waals surface area (Å²) in [6.45, 7) is 3.67. The van der Waals surface area contributed by atoms with Crippen molar-refractivity contribution in [2.24, 2.45) is 0 Å². The molecule has 4 heteroatoms. The number of hydrogen-bond donors (Lipinski definition) is 0. The van der Waals surface area contributed by atoms with Crippen molar-refractivity contribution in [2.75, 3.05) is 20.3 Å². The number of carbonyl (C=O) groups is 1. The number of methoxy groups -OCH3 is 1. The number of benzene rings is 1. The van der Waals surface area contributed by atoms with E-state index in [1.165, 1.54) is 6.42 Å². The van der Waals surface area contributed by atoms with E-state index in [1.54, 1.807) is 7.11 Å². The van der Waals surface area contributed by atoms with E-state index < -0.39 is 0 Å². The minimum atomic E-state index is 0.282. The molecule has 0 aromatic heterocycles. The van der Waals surface area contributed by atoms with Gasteiger partial charge in [-0.25, -0.2) is 0 Å². The maximum Gasteiger partial charge on any atom is 0.222 e. The topological polar surface area (TPSA) is 38.8 Å². The van der Waals surface area contributed by atoms with E-state index in [-0.39, 0.29) is 5.91 Å². The molecule has 122 valence electrons. The zero-order valence-electron chi connectivity index (χ0n) is 13.7. The number of ether oxygens (including phenoxy) is 2. The lowest BCUT2D eigenvalue weighted by Crippen LogP contribution is -2.43. The van der Waals surface area contributed by atoms with E-state index in [9.17, 15) is 4.79 Å². The maximum absolute atomic E-state index is 12.3. The zero-order chi connectivity index (χ0) is 15.8. The van der Waals surface area contributed by atoms with Crippen molar-refractivity contribution in [3.63, 3.8) is 0 Å². The monoisotopic (exact) mass is 305 g/mol. The third kappa shape index (κ3) is 4.65. The highest BCUT2D eigenvalue weighted by atomic mass is 16.5. The largest absolute Gasteiger partial charge is 0.497 e. The van der Waals surface area contributed by atoms with Crippen LogP contribution in [0.15, 0.2) is 24.3 Å². The van der Waals surface area contributed by atoms with E-state index in [4.69, 9.17) is 9.47 Å². The van der Waals surface area contributed by atoms with Crippen LogP contribution in [-0.4, -0.2) is 37.1 Å². The molecular formula is C18H27NO3. The summed E-state index contributed by atoms with van der Waals surface area (Å²) in [5, 5.41) is 0. The summed E-state index contributed by atoms with van der Waals surface area (Å²) < 4.78 is 10.8. The van der Waals surface area contributed by atoms with Crippen molar-refractivity contribution in [1.29, 1.82) is 0 Å². The SMILES string of the molecule is CCC1CCCCN1C(=O)CCCOc1ccc(OC)cc1. The lowest BCUT2D eigenvalue weighted by Gasteiger charge is -2.35. The lowest BCUT2D eigenvalue weighted by molar-refractivity contribution is -0.135. The fourth-order valence-corrected chi connectivity index (χ4v) is 2.98.